The average molecular weight is 251 g/mol. The Hall–Kier alpha value is -1.03. The first kappa shape index (κ1) is 13.4. The molecular formula is C14H25N3O. The van der Waals surface area contributed by atoms with E-state index in [2.05, 4.69) is 36.0 Å². The van der Waals surface area contributed by atoms with Gasteiger partial charge in [0.25, 0.3) is 6.01 Å². The zero-order chi connectivity index (χ0) is 13.0. The van der Waals surface area contributed by atoms with Gasteiger partial charge in [0.15, 0.2) is 0 Å². The van der Waals surface area contributed by atoms with Gasteiger partial charge in [0.2, 0.25) is 0 Å². The first-order valence-corrected chi connectivity index (χ1v) is 7.15. The lowest BCUT2D eigenvalue weighted by molar-refractivity contribution is 0.522. The molecule has 4 heteroatoms. The number of nitrogens with zero attached hydrogens (tertiary/aromatic N) is 2. The second-order valence-electron chi connectivity index (χ2n) is 5.44. The summed E-state index contributed by atoms with van der Waals surface area (Å²) in [6.07, 6.45) is 6.77. The fourth-order valence-electron chi connectivity index (χ4n) is 1.97. The first-order chi connectivity index (χ1) is 8.70. The number of hydrogen-bond donors (Lipinski definition) is 1. The maximum Gasteiger partial charge on any atom is 0.297 e. The Bertz CT molecular complexity index is 358. The third-order valence-corrected chi connectivity index (χ3v) is 3.22. The van der Waals surface area contributed by atoms with E-state index in [0.717, 1.165) is 24.8 Å². The van der Waals surface area contributed by atoms with Crippen molar-refractivity contribution in [3.63, 3.8) is 0 Å². The molecule has 102 valence electrons. The van der Waals surface area contributed by atoms with Gasteiger partial charge < -0.3 is 14.6 Å². The lowest BCUT2D eigenvalue weighted by Gasteiger charge is -2.19. The van der Waals surface area contributed by atoms with E-state index in [-0.39, 0.29) is 0 Å². The Morgan fingerprint density at radius 3 is 2.89 bits per heavy atom. The minimum Gasteiger partial charge on any atom is -0.432 e. The molecule has 1 heterocycles. The van der Waals surface area contributed by atoms with Gasteiger partial charge in [-0.1, -0.05) is 27.2 Å². The predicted octanol–water partition coefficient (Wildman–Crippen LogP) is 2.94. The van der Waals surface area contributed by atoms with E-state index >= 15 is 0 Å². The van der Waals surface area contributed by atoms with Crippen LogP contribution in [-0.2, 0) is 6.54 Å². The van der Waals surface area contributed by atoms with Crippen LogP contribution in [0.5, 0.6) is 0 Å². The van der Waals surface area contributed by atoms with E-state index in [9.17, 15) is 0 Å². The maximum atomic E-state index is 5.63. The Kier molecular flexibility index (Phi) is 4.64. The summed E-state index contributed by atoms with van der Waals surface area (Å²) < 4.78 is 5.63. The van der Waals surface area contributed by atoms with Gasteiger partial charge in [0.1, 0.15) is 6.26 Å². The standard InChI is InChI=1S/C14H25N3O/c1-4-5-8-17(13-6-7-13)14-16-12(10-18-14)9-15-11(2)3/h10-11,13,15H,4-9H2,1-3H3. The molecule has 18 heavy (non-hydrogen) atoms. The summed E-state index contributed by atoms with van der Waals surface area (Å²) in [4.78, 5) is 6.93. The van der Waals surface area contributed by atoms with Crippen molar-refractivity contribution in [2.45, 2.75) is 65.1 Å². The van der Waals surface area contributed by atoms with Gasteiger partial charge in [-0.2, -0.15) is 4.98 Å². The summed E-state index contributed by atoms with van der Waals surface area (Å²) in [6.45, 7) is 8.35. The molecule has 0 radical (unpaired) electrons. The van der Waals surface area contributed by atoms with Crippen molar-refractivity contribution < 1.29 is 4.42 Å². The van der Waals surface area contributed by atoms with E-state index in [4.69, 9.17) is 4.42 Å². The molecule has 0 aromatic carbocycles. The summed E-state index contributed by atoms with van der Waals surface area (Å²) in [7, 11) is 0. The largest absolute Gasteiger partial charge is 0.432 e. The molecule has 0 spiro atoms. The second kappa shape index (κ2) is 6.23. The Morgan fingerprint density at radius 2 is 2.28 bits per heavy atom. The fourth-order valence-corrected chi connectivity index (χ4v) is 1.97. The van der Waals surface area contributed by atoms with Crippen molar-refractivity contribution in [1.82, 2.24) is 10.3 Å². The molecule has 1 aromatic heterocycles. The van der Waals surface area contributed by atoms with Gasteiger partial charge in [-0.15, -0.1) is 0 Å². The van der Waals surface area contributed by atoms with Crippen LogP contribution in [0.2, 0.25) is 0 Å². The van der Waals surface area contributed by atoms with Crippen LogP contribution in [0.4, 0.5) is 6.01 Å². The monoisotopic (exact) mass is 251 g/mol. The lowest BCUT2D eigenvalue weighted by atomic mass is 10.3. The molecule has 0 saturated heterocycles. The topological polar surface area (TPSA) is 41.3 Å². The average Bonchev–Trinajstić information content (AvgIpc) is 3.06. The molecule has 1 aliphatic carbocycles. The molecule has 0 unspecified atom stereocenters. The zero-order valence-corrected chi connectivity index (χ0v) is 11.8. The van der Waals surface area contributed by atoms with E-state index in [1.54, 1.807) is 6.26 Å². The fraction of sp³-hybridized carbons (Fsp3) is 0.786. The molecule has 0 atom stereocenters. The Labute approximate surface area is 110 Å². The van der Waals surface area contributed by atoms with Gasteiger partial charge >= 0.3 is 0 Å². The lowest BCUT2D eigenvalue weighted by Crippen LogP contribution is -2.27. The SMILES string of the molecule is CCCCN(c1nc(CNC(C)C)co1)C1CC1. The molecule has 1 saturated carbocycles. The van der Waals surface area contributed by atoms with Gasteiger partial charge in [-0.25, -0.2) is 0 Å². The van der Waals surface area contributed by atoms with Crippen molar-refractivity contribution in [3.8, 4) is 0 Å². The van der Waals surface area contributed by atoms with Crippen LogP contribution in [0.15, 0.2) is 10.7 Å². The normalized spacial score (nSPS) is 15.3. The molecule has 1 fully saturated rings. The molecule has 0 amide bonds. The van der Waals surface area contributed by atoms with Gasteiger partial charge in [-0.05, 0) is 19.3 Å². The third kappa shape index (κ3) is 3.73. The molecular weight excluding hydrogens is 226 g/mol. The van der Waals surface area contributed by atoms with Crippen LogP contribution in [0.3, 0.4) is 0 Å². The Morgan fingerprint density at radius 1 is 1.50 bits per heavy atom. The van der Waals surface area contributed by atoms with Crippen LogP contribution >= 0.6 is 0 Å². The number of hydrogen-bond acceptors (Lipinski definition) is 4. The van der Waals surface area contributed by atoms with Crippen LogP contribution in [-0.4, -0.2) is 23.6 Å². The minimum absolute atomic E-state index is 0.477. The number of unbranched alkanes of at least 4 members (excludes halogenated alkanes) is 1. The highest BCUT2D eigenvalue weighted by atomic mass is 16.4. The highest BCUT2D eigenvalue weighted by molar-refractivity contribution is 5.31. The summed E-state index contributed by atoms with van der Waals surface area (Å²) in [5.74, 6) is 0. The molecule has 1 aliphatic rings. The molecule has 1 aromatic rings. The molecule has 0 aliphatic heterocycles. The van der Waals surface area contributed by atoms with Crippen LogP contribution in [0.25, 0.3) is 0 Å². The number of nitrogens with one attached hydrogen (secondary N) is 1. The number of aromatic nitrogens is 1. The van der Waals surface area contributed by atoms with E-state index < -0.39 is 0 Å². The summed E-state index contributed by atoms with van der Waals surface area (Å²) in [5, 5.41) is 3.36. The highest BCUT2D eigenvalue weighted by Gasteiger charge is 2.31. The van der Waals surface area contributed by atoms with Crippen molar-refractivity contribution in [2.75, 3.05) is 11.4 Å². The van der Waals surface area contributed by atoms with Crippen LogP contribution in [0.1, 0.15) is 52.1 Å². The van der Waals surface area contributed by atoms with Crippen molar-refractivity contribution >= 4 is 6.01 Å². The summed E-state index contributed by atoms with van der Waals surface area (Å²) in [5.41, 5.74) is 1.00. The number of rotatable bonds is 8. The summed E-state index contributed by atoms with van der Waals surface area (Å²) >= 11 is 0. The number of anilines is 1. The second-order valence-corrected chi connectivity index (χ2v) is 5.44. The molecule has 1 N–H and O–H groups in total. The van der Waals surface area contributed by atoms with Crippen molar-refractivity contribution in [2.24, 2.45) is 0 Å². The van der Waals surface area contributed by atoms with Crippen LogP contribution < -0.4 is 10.2 Å². The molecule has 2 rings (SSSR count). The first-order valence-electron chi connectivity index (χ1n) is 7.15. The van der Waals surface area contributed by atoms with Gasteiger partial charge in [0, 0.05) is 25.2 Å². The Balaban J connectivity index is 1.93. The van der Waals surface area contributed by atoms with Gasteiger partial charge in [0.05, 0.1) is 5.69 Å². The number of oxazole rings is 1. The van der Waals surface area contributed by atoms with Gasteiger partial charge in [-0.3, -0.25) is 0 Å². The quantitative estimate of drug-likeness (QED) is 0.771. The zero-order valence-electron chi connectivity index (χ0n) is 11.8. The van der Waals surface area contributed by atoms with E-state index in [1.807, 2.05) is 0 Å². The maximum absolute atomic E-state index is 5.63. The third-order valence-electron chi connectivity index (χ3n) is 3.22. The van der Waals surface area contributed by atoms with Crippen molar-refractivity contribution in [1.29, 1.82) is 0 Å². The molecule has 0 bridgehead atoms. The summed E-state index contributed by atoms with van der Waals surface area (Å²) in [6, 6.07) is 1.96. The van der Waals surface area contributed by atoms with E-state index in [0.29, 0.717) is 12.1 Å². The van der Waals surface area contributed by atoms with E-state index in [1.165, 1.54) is 25.7 Å². The smallest absolute Gasteiger partial charge is 0.297 e. The molecule has 4 nitrogen and oxygen atoms in total. The van der Waals surface area contributed by atoms with Crippen molar-refractivity contribution in [3.05, 3.63) is 12.0 Å². The predicted molar refractivity (Wildman–Crippen MR) is 73.8 cm³/mol. The highest BCUT2D eigenvalue weighted by Crippen LogP contribution is 2.31. The van der Waals surface area contributed by atoms with Crippen LogP contribution in [0, 0.1) is 0 Å². The minimum atomic E-state index is 0.477.